The summed E-state index contributed by atoms with van der Waals surface area (Å²) in [4.78, 5) is 13.3. The lowest BCUT2D eigenvalue weighted by Gasteiger charge is -2.21. The van der Waals surface area contributed by atoms with Gasteiger partial charge in [0.2, 0.25) is 15.9 Å². The molecule has 0 bridgehead atoms. The lowest BCUT2D eigenvalue weighted by molar-refractivity contribution is -0.128. The molecule has 130 valence electrons. The summed E-state index contributed by atoms with van der Waals surface area (Å²) in [5.74, 6) is 0.495. The number of nitrogens with zero attached hydrogens (tertiary/aromatic N) is 1. The zero-order chi connectivity index (χ0) is 17.3. The van der Waals surface area contributed by atoms with E-state index >= 15 is 0 Å². The molecule has 0 aliphatic rings. The topological polar surface area (TPSA) is 84.9 Å². The highest BCUT2D eigenvalue weighted by atomic mass is 32.2. The average molecular weight is 344 g/mol. The summed E-state index contributed by atoms with van der Waals surface area (Å²) < 4.78 is 36.8. The van der Waals surface area contributed by atoms with Crippen LogP contribution in [0.5, 0.6) is 5.75 Å². The Morgan fingerprint density at radius 2 is 1.83 bits per heavy atom. The first kappa shape index (κ1) is 19.4. The summed E-state index contributed by atoms with van der Waals surface area (Å²) in [6.45, 7) is 3.02. The van der Waals surface area contributed by atoms with Crippen molar-refractivity contribution in [2.75, 3.05) is 40.5 Å². The van der Waals surface area contributed by atoms with Gasteiger partial charge in [-0.3, -0.25) is 4.79 Å². The fraction of sp³-hybridized carbons (Fsp3) is 0.533. The molecule has 0 heterocycles. The molecule has 0 atom stereocenters. The molecule has 0 aliphatic heterocycles. The molecule has 0 aliphatic carbocycles. The Bertz CT molecular complexity index is 586. The third-order valence-corrected chi connectivity index (χ3v) is 4.74. The molecular weight excluding hydrogens is 320 g/mol. The minimum atomic E-state index is -3.60. The van der Waals surface area contributed by atoms with E-state index in [0.717, 1.165) is 0 Å². The molecule has 0 spiro atoms. The predicted molar refractivity (Wildman–Crippen MR) is 86.9 cm³/mol. The van der Waals surface area contributed by atoms with Crippen molar-refractivity contribution in [2.24, 2.45) is 0 Å². The molecule has 0 unspecified atom stereocenters. The van der Waals surface area contributed by atoms with Crippen molar-refractivity contribution in [3.8, 4) is 5.75 Å². The van der Waals surface area contributed by atoms with E-state index in [2.05, 4.69) is 4.72 Å². The first-order chi connectivity index (χ1) is 10.9. The first-order valence-electron chi connectivity index (χ1n) is 7.29. The van der Waals surface area contributed by atoms with Crippen LogP contribution in [0.15, 0.2) is 29.2 Å². The quantitative estimate of drug-likeness (QED) is 0.636. The van der Waals surface area contributed by atoms with Gasteiger partial charge in [-0.25, -0.2) is 13.1 Å². The van der Waals surface area contributed by atoms with E-state index in [1.54, 1.807) is 24.1 Å². The highest BCUT2D eigenvalue weighted by molar-refractivity contribution is 7.89. The number of carbonyl (C=O) groups is 1. The van der Waals surface area contributed by atoms with Crippen LogP contribution >= 0.6 is 0 Å². The average Bonchev–Trinajstić information content (AvgIpc) is 2.53. The number of rotatable bonds is 10. The molecular formula is C15H24N2O5S. The van der Waals surface area contributed by atoms with E-state index in [-0.39, 0.29) is 17.3 Å². The summed E-state index contributed by atoms with van der Waals surface area (Å²) in [5.41, 5.74) is 0. The van der Waals surface area contributed by atoms with E-state index in [1.807, 2.05) is 0 Å². The second kappa shape index (κ2) is 9.49. The van der Waals surface area contributed by atoms with Crippen LogP contribution in [0.25, 0.3) is 0 Å². The minimum Gasteiger partial charge on any atom is -0.497 e. The van der Waals surface area contributed by atoms with Crippen LogP contribution in [0.3, 0.4) is 0 Å². The highest BCUT2D eigenvalue weighted by Gasteiger charge is 2.15. The van der Waals surface area contributed by atoms with Crippen molar-refractivity contribution in [2.45, 2.75) is 18.2 Å². The van der Waals surface area contributed by atoms with Crippen molar-refractivity contribution >= 4 is 15.9 Å². The summed E-state index contributed by atoms with van der Waals surface area (Å²) in [5, 5.41) is 0. The Morgan fingerprint density at radius 1 is 1.17 bits per heavy atom. The molecule has 0 saturated heterocycles. The van der Waals surface area contributed by atoms with Gasteiger partial charge in [0.05, 0.1) is 12.0 Å². The van der Waals surface area contributed by atoms with Crippen molar-refractivity contribution in [3.63, 3.8) is 0 Å². The van der Waals surface area contributed by atoms with E-state index in [4.69, 9.17) is 9.47 Å². The maximum Gasteiger partial charge on any atom is 0.240 e. The molecule has 1 aromatic rings. The lowest BCUT2D eigenvalue weighted by atomic mass is 10.3. The summed E-state index contributed by atoms with van der Waals surface area (Å²) in [6.07, 6.45) is 0.710. The van der Waals surface area contributed by atoms with Crippen LogP contribution in [0.2, 0.25) is 0 Å². The Morgan fingerprint density at radius 3 is 2.35 bits per heavy atom. The zero-order valence-electron chi connectivity index (χ0n) is 13.7. The molecule has 23 heavy (non-hydrogen) atoms. The third-order valence-electron chi connectivity index (χ3n) is 3.27. The SMILES string of the molecule is COCCCN(CCNS(=O)(=O)c1ccc(OC)cc1)C(C)=O. The highest BCUT2D eigenvalue weighted by Crippen LogP contribution is 2.15. The van der Waals surface area contributed by atoms with Gasteiger partial charge in [0, 0.05) is 40.3 Å². The van der Waals surface area contributed by atoms with Crippen molar-refractivity contribution in [1.82, 2.24) is 9.62 Å². The van der Waals surface area contributed by atoms with E-state index in [9.17, 15) is 13.2 Å². The Hall–Kier alpha value is -1.64. The number of methoxy groups -OCH3 is 2. The zero-order valence-corrected chi connectivity index (χ0v) is 14.6. The number of amides is 1. The number of benzene rings is 1. The van der Waals surface area contributed by atoms with Gasteiger partial charge in [0.25, 0.3) is 0 Å². The first-order valence-corrected chi connectivity index (χ1v) is 8.77. The fourth-order valence-electron chi connectivity index (χ4n) is 1.98. The normalized spacial score (nSPS) is 11.3. The number of hydrogen-bond acceptors (Lipinski definition) is 5. The predicted octanol–water partition coefficient (Wildman–Crippen LogP) is 0.858. The number of carbonyl (C=O) groups excluding carboxylic acids is 1. The molecule has 1 amide bonds. The minimum absolute atomic E-state index is 0.0928. The number of nitrogens with one attached hydrogen (secondary N) is 1. The van der Waals surface area contributed by atoms with Crippen molar-refractivity contribution in [3.05, 3.63) is 24.3 Å². The monoisotopic (exact) mass is 344 g/mol. The van der Waals surface area contributed by atoms with Gasteiger partial charge in [-0.15, -0.1) is 0 Å². The molecule has 0 radical (unpaired) electrons. The van der Waals surface area contributed by atoms with Gasteiger partial charge in [0.15, 0.2) is 0 Å². The smallest absolute Gasteiger partial charge is 0.240 e. The van der Waals surface area contributed by atoms with Crippen LogP contribution in [0.1, 0.15) is 13.3 Å². The van der Waals surface area contributed by atoms with Crippen molar-refractivity contribution < 1.29 is 22.7 Å². The van der Waals surface area contributed by atoms with Gasteiger partial charge < -0.3 is 14.4 Å². The number of ether oxygens (including phenoxy) is 2. The van der Waals surface area contributed by atoms with Crippen LogP contribution in [0, 0.1) is 0 Å². The molecule has 0 aromatic heterocycles. The summed E-state index contributed by atoms with van der Waals surface area (Å²) in [6, 6.07) is 6.12. The number of sulfonamides is 1. The number of hydrogen-bond donors (Lipinski definition) is 1. The van der Waals surface area contributed by atoms with Crippen LogP contribution in [0.4, 0.5) is 0 Å². The molecule has 1 rings (SSSR count). The molecule has 1 aromatic carbocycles. The van der Waals surface area contributed by atoms with E-state index < -0.39 is 10.0 Å². The van der Waals surface area contributed by atoms with Gasteiger partial charge in [-0.05, 0) is 30.7 Å². The summed E-state index contributed by atoms with van der Waals surface area (Å²) in [7, 11) is -0.486. The van der Waals surface area contributed by atoms with Gasteiger partial charge in [-0.1, -0.05) is 0 Å². The third kappa shape index (κ3) is 6.55. The van der Waals surface area contributed by atoms with Gasteiger partial charge in [0.1, 0.15) is 5.75 Å². The molecule has 0 fully saturated rings. The van der Waals surface area contributed by atoms with Gasteiger partial charge in [-0.2, -0.15) is 0 Å². The maximum absolute atomic E-state index is 12.2. The fourth-order valence-corrected chi connectivity index (χ4v) is 3.00. The molecule has 0 saturated carbocycles. The van der Waals surface area contributed by atoms with Crippen LogP contribution in [-0.2, 0) is 19.6 Å². The van der Waals surface area contributed by atoms with E-state index in [1.165, 1.54) is 26.2 Å². The second-order valence-electron chi connectivity index (χ2n) is 4.93. The standard InChI is InChI=1S/C15H24N2O5S/c1-13(18)17(10-4-12-21-2)11-9-16-23(19,20)15-7-5-14(22-3)6-8-15/h5-8,16H,4,9-12H2,1-3H3. The van der Waals surface area contributed by atoms with Gasteiger partial charge >= 0.3 is 0 Å². The Labute approximate surface area is 137 Å². The summed E-state index contributed by atoms with van der Waals surface area (Å²) >= 11 is 0. The molecule has 7 nitrogen and oxygen atoms in total. The second-order valence-corrected chi connectivity index (χ2v) is 6.69. The van der Waals surface area contributed by atoms with Crippen molar-refractivity contribution in [1.29, 1.82) is 0 Å². The molecule has 8 heteroatoms. The van der Waals surface area contributed by atoms with Crippen LogP contribution < -0.4 is 9.46 Å². The Balaban J connectivity index is 2.55. The van der Waals surface area contributed by atoms with Crippen LogP contribution in [-0.4, -0.2) is 59.7 Å². The maximum atomic E-state index is 12.2. The van der Waals surface area contributed by atoms with E-state index in [0.29, 0.717) is 31.9 Å². The lowest BCUT2D eigenvalue weighted by Crippen LogP contribution is -2.38. The molecule has 1 N–H and O–H groups in total. The largest absolute Gasteiger partial charge is 0.497 e. The Kier molecular flexibility index (Phi) is 8.01.